The zero-order chi connectivity index (χ0) is 18.5. The van der Waals surface area contributed by atoms with Crippen LogP contribution in [0.2, 0.25) is 0 Å². The van der Waals surface area contributed by atoms with Crippen LogP contribution in [0.4, 0.5) is 5.95 Å². The van der Waals surface area contributed by atoms with Crippen LogP contribution >= 0.6 is 0 Å². The molecule has 0 bridgehead atoms. The first kappa shape index (κ1) is 17.3. The molecular weight excluding hydrogens is 342 g/mol. The maximum absolute atomic E-state index is 12.1. The molecule has 0 aromatic carbocycles. The topological polar surface area (TPSA) is 139 Å². The largest absolute Gasteiger partial charge is 0.491 e. The predicted octanol–water partition coefficient (Wildman–Crippen LogP) is 0.214. The number of aromatic nitrogens is 7. The molecule has 0 aliphatic rings. The second-order valence-electron chi connectivity index (χ2n) is 5.53. The highest BCUT2D eigenvalue weighted by atomic mass is 16.6. The Hall–Kier alpha value is -3.57. The first-order chi connectivity index (χ1) is 12.5. The summed E-state index contributed by atoms with van der Waals surface area (Å²) in [4.78, 5) is 25.5. The summed E-state index contributed by atoms with van der Waals surface area (Å²) in [5.74, 6) is -0.770. The summed E-state index contributed by atoms with van der Waals surface area (Å²) >= 11 is 0. The molecule has 0 spiro atoms. The summed E-state index contributed by atoms with van der Waals surface area (Å²) in [5, 5.41) is 25.4. The molecule has 0 unspecified atom stereocenters. The fourth-order valence-electron chi connectivity index (χ4n) is 2.30. The van der Waals surface area contributed by atoms with Gasteiger partial charge in [-0.25, -0.2) is 4.68 Å². The highest BCUT2D eigenvalue weighted by Crippen LogP contribution is 2.02. The Kier molecular flexibility index (Phi) is 5.01. The van der Waals surface area contributed by atoms with Crippen LogP contribution < -0.4 is 5.32 Å². The van der Waals surface area contributed by atoms with Gasteiger partial charge in [0.05, 0.1) is 0 Å². The summed E-state index contributed by atoms with van der Waals surface area (Å²) in [5.41, 5.74) is 1.33. The van der Waals surface area contributed by atoms with Gasteiger partial charge in [0.2, 0.25) is 6.33 Å². The van der Waals surface area contributed by atoms with Crippen molar-refractivity contribution in [3.8, 4) is 0 Å². The number of rotatable bonds is 8. The normalized spacial score (nSPS) is 10.8. The Morgan fingerprint density at radius 2 is 2.15 bits per heavy atom. The van der Waals surface area contributed by atoms with Crippen LogP contribution in [-0.4, -0.2) is 51.7 Å². The molecule has 0 aliphatic heterocycles. The summed E-state index contributed by atoms with van der Waals surface area (Å²) in [6.45, 7) is 3.31. The van der Waals surface area contributed by atoms with Crippen LogP contribution in [0.15, 0.2) is 30.9 Å². The second-order valence-corrected chi connectivity index (χ2v) is 5.53. The minimum Gasteiger partial charge on any atom is -0.390 e. The third kappa shape index (κ3) is 4.09. The minimum absolute atomic E-state index is 0.118. The molecule has 1 amide bonds. The van der Waals surface area contributed by atoms with E-state index in [-0.39, 0.29) is 18.3 Å². The van der Waals surface area contributed by atoms with Crippen molar-refractivity contribution in [1.29, 1.82) is 0 Å². The van der Waals surface area contributed by atoms with Gasteiger partial charge in [0.1, 0.15) is 5.69 Å². The van der Waals surface area contributed by atoms with Crippen molar-refractivity contribution >= 4 is 11.9 Å². The van der Waals surface area contributed by atoms with E-state index in [1.807, 2.05) is 17.7 Å². The number of nitrogens with zero attached hydrogens (tertiary/aromatic N) is 8. The monoisotopic (exact) mass is 359 g/mol. The molecule has 1 N–H and O–H groups in total. The molecule has 0 saturated carbocycles. The summed E-state index contributed by atoms with van der Waals surface area (Å²) in [7, 11) is 0. The van der Waals surface area contributed by atoms with E-state index in [2.05, 4.69) is 25.6 Å². The predicted molar refractivity (Wildman–Crippen MR) is 88.2 cm³/mol. The molecule has 0 saturated heterocycles. The van der Waals surface area contributed by atoms with Crippen molar-refractivity contribution in [3.05, 3.63) is 52.4 Å². The Labute approximate surface area is 147 Å². The number of carbonyl (C=O) groups is 1. The molecule has 3 aromatic rings. The summed E-state index contributed by atoms with van der Waals surface area (Å²) in [6, 6.07) is 3.49. The quantitative estimate of drug-likeness (QED) is 0.344. The standard InChI is InChI=1S/C14H17N9O3/c1-11-3-6-17-22(11)7-2-5-15-13(24)12-4-8-20(18-12)10-21-9-16-14(19-21)23(25)26/h3-4,6,8-9H,2,5,7,10H2,1H3,(H,15,24). The highest BCUT2D eigenvalue weighted by Gasteiger charge is 2.14. The first-order valence-electron chi connectivity index (χ1n) is 7.87. The number of nitrogens with one attached hydrogen (secondary N) is 1. The minimum atomic E-state index is -0.677. The fraction of sp³-hybridized carbons (Fsp3) is 0.357. The molecule has 12 heteroatoms. The number of hydrogen-bond donors (Lipinski definition) is 1. The Morgan fingerprint density at radius 3 is 2.85 bits per heavy atom. The number of hydrogen-bond acceptors (Lipinski definition) is 7. The van der Waals surface area contributed by atoms with Gasteiger partial charge in [-0.05, 0) is 30.4 Å². The Balaban J connectivity index is 1.48. The van der Waals surface area contributed by atoms with E-state index in [0.717, 1.165) is 18.7 Å². The van der Waals surface area contributed by atoms with E-state index in [0.29, 0.717) is 6.54 Å². The van der Waals surface area contributed by atoms with E-state index >= 15 is 0 Å². The molecule has 3 heterocycles. The van der Waals surface area contributed by atoms with Crippen molar-refractivity contribution < 1.29 is 9.72 Å². The Morgan fingerprint density at radius 1 is 1.31 bits per heavy atom. The maximum Gasteiger partial charge on any atom is 0.491 e. The van der Waals surface area contributed by atoms with Crippen molar-refractivity contribution in [3.63, 3.8) is 0 Å². The molecule has 26 heavy (non-hydrogen) atoms. The molecule has 0 radical (unpaired) electrons. The summed E-state index contributed by atoms with van der Waals surface area (Å²) < 4.78 is 4.58. The summed E-state index contributed by atoms with van der Waals surface area (Å²) in [6.07, 6.45) is 5.31. The zero-order valence-electron chi connectivity index (χ0n) is 14.0. The lowest BCUT2D eigenvalue weighted by Crippen LogP contribution is -2.26. The molecule has 0 aliphatic carbocycles. The van der Waals surface area contributed by atoms with Gasteiger partial charge < -0.3 is 15.4 Å². The van der Waals surface area contributed by atoms with Crippen LogP contribution in [-0.2, 0) is 13.2 Å². The van der Waals surface area contributed by atoms with Gasteiger partial charge in [0.25, 0.3) is 5.91 Å². The third-order valence-electron chi connectivity index (χ3n) is 3.61. The van der Waals surface area contributed by atoms with Crippen LogP contribution in [0.5, 0.6) is 0 Å². The molecule has 0 fully saturated rings. The first-order valence-corrected chi connectivity index (χ1v) is 7.87. The van der Waals surface area contributed by atoms with Crippen molar-refractivity contribution in [2.24, 2.45) is 0 Å². The number of amides is 1. The molecule has 3 rings (SSSR count). The average molecular weight is 359 g/mol. The lowest BCUT2D eigenvalue weighted by atomic mass is 10.3. The van der Waals surface area contributed by atoms with E-state index in [1.54, 1.807) is 18.5 Å². The smallest absolute Gasteiger partial charge is 0.390 e. The average Bonchev–Trinajstić information content (AvgIpc) is 3.33. The molecule has 136 valence electrons. The molecular formula is C14H17N9O3. The van der Waals surface area contributed by atoms with Gasteiger partial charge in [0.15, 0.2) is 6.67 Å². The maximum atomic E-state index is 12.1. The van der Waals surface area contributed by atoms with Gasteiger partial charge in [-0.2, -0.15) is 14.9 Å². The van der Waals surface area contributed by atoms with E-state index in [1.165, 1.54) is 15.7 Å². The van der Waals surface area contributed by atoms with Crippen LogP contribution in [0.25, 0.3) is 0 Å². The van der Waals surface area contributed by atoms with Gasteiger partial charge >= 0.3 is 5.95 Å². The van der Waals surface area contributed by atoms with Gasteiger partial charge in [0, 0.05) is 36.3 Å². The van der Waals surface area contributed by atoms with Gasteiger partial charge in [-0.15, -0.1) is 0 Å². The van der Waals surface area contributed by atoms with Gasteiger partial charge in [-0.3, -0.25) is 9.48 Å². The lowest BCUT2D eigenvalue weighted by molar-refractivity contribution is -0.394. The van der Waals surface area contributed by atoms with Crippen molar-refractivity contribution in [2.45, 2.75) is 26.6 Å². The highest BCUT2D eigenvalue weighted by molar-refractivity contribution is 5.92. The van der Waals surface area contributed by atoms with Crippen molar-refractivity contribution in [2.75, 3.05) is 6.54 Å². The number of aryl methyl sites for hydroxylation is 2. The lowest BCUT2D eigenvalue weighted by Gasteiger charge is -2.05. The fourth-order valence-corrected chi connectivity index (χ4v) is 2.30. The Bertz CT molecular complexity index is 910. The van der Waals surface area contributed by atoms with Crippen molar-refractivity contribution in [1.82, 2.24) is 39.6 Å². The van der Waals surface area contributed by atoms with Gasteiger partial charge in [-0.1, -0.05) is 4.98 Å². The van der Waals surface area contributed by atoms with E-state index in [4.69, 9.17) is 0 Å². The molecule has 12 nitrogen and oxygen atoms in total. The SMILES string of the molecule is Cc1ccnn1CCCNC(=O)c1ccn(Cn2cnc([N+](=O)[O-])n2)n1. The number of nitro groups is 1. The number of carbonyl (C=O) groups excluding carboxylic acids is 1. The second kappa shape index (κ2) is 7.55. The van der Waals surface area contributed by atoms with Crippen LogP contribution in [0, 0.1) is 17.0 Å². The molecule has 3 aromatic heterocycles. The zero-order valence-corrected chi connectivity index (χ0v) is 14.0. The molecule has 0 atom stereocenters. The van der Waals surface area contributed by atoms with Crippen LogP contribution in [0.1, 0.15) is 22.6 Å². The third-order valence-corrected chi connectivity index (χ3v) is 3.61. The van der Waals surface area contributed by atoms with E-state index in [9.17, 15) is 14.9 Å². The van der Waals surface area contributed by atoms with Crippen LogP contribution in [0.3, 0.4) is 0 Å². The van der Waals surface area contributed by atoms with E-state index < -0.39 is 10.9 Å².